The molecule has 0 radical (unpaired) electrons. The molecule has 3 aromatic carbocycles. The summed E-state index contributed by atoms with van der Waals surface area (Å²) in [5.74, 6) is -0.961. The van der Waals surface area contributed by atoms with Gasteiger partial charge in [0.1, 0.15) is 12.4 Å². The first kappa shape index (κ1) is 22.1. The molecule has 0 atom stereocenters. The van der Waals surface area contributed by atoms with Crippen molar-refractivity contribution in [3.8, 4) is 5.75 Å². The Bertz CT molecular complexity index is 1110. The van der Waals surface area contributed by atoms with Crippen molar-refractivity contribution >= 4 is 35.3 Å². The van der Waals surface area contributed by atoms with E-state index in [4.69, 9.17) is 16.3 Å². The Balaban J connectivity index is 1.49. The standard InChI is InChI=1S/C24H22ClN3O3/c1-16-7-12-22(17(2)13-16)27-23(29)24(30)28-26-14-18-8-10-20(11-9-18)31-15-19-5-3-4-6-21(19)25/h3-14H,15H2,1-2H3,(H,27,29)(H,28,30)/b26-14+. The Morgan fingerprint density at radius 2 is 1.74 bits per heavy atom. The van der Waals surface area contributed by atoms with Gasteiger partial charge in [0.2, 0.25) is 0 Å². The summed E-state index contributed by atoms with van der Waals surface area (Å²) in [6.45, 7) is 4.18. The fraction of sp³-hybridized carbons (Fsp3) is 0.125. The van der Waals surface area contributed by atoms with Gasteiger partial charge in [0.15, 0.2) is 0 Å². The van der Waals surface area contributed by atoms with Crippen molar-refractivity contribution < 1.29 is 14.3 Å². The third-order valence-corrected chi connectivity index (χ3v) is 4.82. The van der Waals surface area contributed by atoms with E-state index in [1.54, 1.807) is 30.3 Å². The second-order valence-electron chi connectivity index (χ2n) is 6.92. The molecular formula is C24H22ClN3O3. The number of nitrogens with zero attached hydrogens (tertiary/aromatic N) is 1. The number of halogens is 1. The predicted octanol–water partition coefficient (Wildman–Crippen LogP) is 4.62. The summed E-state index contributed by atoms with van der Waals surface area (Å²) < 4.78 is 5.72. The van der Waals surface area contributed by atoms with Gasteiger partial charge >= 0.3 is 11.8 Å². The summed E-state index contributed by atoms with van der Waals surface area (Å²) in [7, 11) is 0. The number of carbonyl (C=O) groups is 2. The van der Waals surface area contributed by atoms with Crippen LogP contribution in [0.4, 0.5) is 5.69 Å². The number of nitrogens with one attached hydrogen (secondary N) is 2. The van der Waals surface area contributed by atoms with Crippen LogP contribution in [0.25, 0.3) is 0 Å². The topological polar surface area (TPSA) is 79.8 Å². The first-order chi connectivity index (χ1) is 14.9. The highest BCUT2D eigenvalue weighted by molar-refractivity contribution is 6.39. The summed E-state index contributed by atoms with van der Waals surface area (Å²) >= 11 is 6.12. The van der Waals surface area contributed by atoms with Gasteiger partial charge in [0, 0.05) is 16.3 Å². The average Bonchev–Trinajstić information content (AvgIpc) is 2.76. The smallest absolute Gasteiger partial charge is 0.329 e. The molecule has 0 aliphatic rings. The Labute approximate surface area is 185 Å². The van der Waals surface area contributed by atoms with E-state index in [0.717, 1.165) is 22.3 Å². The third kappa shape index (κ3) is 6.42. The van der Waals surface area contributed by atoms with Gasteiger partial charge in [-0.3, -0.25) is 9.59 Å². The molecule has 7 heteroatoms. The van der Waals surface area contributed by atoms with E-state index in [1.807, 2.05) is 50.2 Å². The number of rotatable bonds is 6. The Morgan fingerprint density at radius 1 is 1.00 bits per heavy atom. The number of hydrogen-bond donors (Lipinski definition) is 2. The van der Waals surface area contributed by atoms with Gasteiger partial charge in [0.05, 0.1) is 6.21 Å². The second kappa shape index (κ2) is 10.4. The molecule has 6 nitrogen and oxygen atoms in total. The minimum absolute atomic E-state index is 0.360. The summed E-state index contributed by atoms with van der Waals surface area (Å²) in [5, 5.41) is 7.06. The maximum atomic E-state index is 12.0. The molecule has 0 unspecified atom stereocenters. The SMILES string of the molecule is Cc1ccc(NC(=O)C(=O)N/N=C/c2ccc(OCc3ccccc3Cl)cc2)c(C)c1. The minimum atomic E-state index is -0.851. The Hall–Kier alpha value is -3.64. The van der Waals surface area contributed by atoms with Gasteiger partial charge in [-0.15, -0.1) is 0 Å². The molecule has 2 amide bonds. The zero-order valence-electron chi connectivity index (χ0n) is 17.2. The van der Waals surface area contributed by atoms with E-state index in [0.29, 0.717) is 23.1 Å². The number of hydrazone groups is 1. The summed E-state index contributed by atoms with van der Waals surface area (Å²) in [4.78, 5) is 24.0. The number of hydrogen-bond acceptors (Lipinski definition) is 4. The number of aryl methyl sites for hydroxylation is 2. The normalized spacial score (nSPS) is 10.7. The van der Waals surface area contributed by atoms with Crippen LogP contribution in [-0.2, 0) is 16.2 Å². The van der Waals surface area contributed by atoms with Gasteiger partial charge < -0.3 is 10.1 Å². The van der Waals surface area contributed by atoms with Crippen molar-refractivity contribution in [2.75, 3.05) is 5.32 Å². The van der Waals surface area contributed by atoms with Crippen LogP contribution in [0.3, 0.4) is 0 Å². The lowest BCUT2D eigenvalue weighted by Crippen LogP contribution is -2.32. The molecule has 0 saturated carbocycles. The molecule has 0 aromatic heterocycles. The van der Waals surface area contributed by atoms with Crippen LogP contribution in [0.5, 0.6) is 5.75 Å². The highest BCUT2D eigenvalue weighted by Crippen LogP contribution is 2.19. The van der Waals surface area contributed by atoms with Gasteiger partial charge in [-0.1, -0.05) is 47.5 Å². The number of anilines is 1. The largest absolute Gasteiger partial charge is 0.489 e. The van der Waals surface area contributed by atoms with Crippen LogP contribution in [0, 0.1) is 13.8 Å². The molecule has 158 valence electrons. The van der Waals surface area contributed by atoms with E-state index in [2.05, 4.69) is 15.8 Å². The lowest BCUT2D eigenvalue weighted by Gasteiger charge is -2.08. The van der Waals surface area contributed by atoms with Crippen molar-refractivity contribution in [1.29, 1.82) is 0 Å². The molecule has 0 bridgehead atoms. The molecule has 3 aromatic rings. The molecule has 0 aliphatic heterocycles. The van der Waals surface area contributed by atoms with E-state index in [-0.39, 0.29) is 0 Å². The van der Waals surface area contributed by atoms with Gasteiger partial charge in [-0.2, -0.15) is 5.10 Å². The number of amides is 2. The average molecular weight is 436 g/mol. The molecule has 2 N–H and O–H groups in total. The van der Waals surface area contributed by atoms with Crippen LogP contribution in [0.1, 0.15) is 22.3 Å². The van der Waals surface area contributed by atoms with Gasteiger partial charge in [0.25, 0.3) is 0 Å². The predicted molar refractivity (Wildman–Crippen MR) is 123 cm³/mol. The first-order valence-corrected chi connectivity index (χ1v) is 9.98. The highest BCUT2D eigenvalue weighted by Gasteiger charge is 2.13. The van der Waals surface area contributed by atoms with E-state index >= 15 is 0 Å². The van der Waals surface area contributed by atoms with Crippen LogP contribution < -0.4 is 15.5 Å². The van der Waals surface area contributed by atoms with E-state index in [9.17, 15) is 9.59 Å². The Morgan fingerprint density at radius 3 is 2.45 bits per heavy atom. The fourth-order valence-electron chi connectivity index (χ4n) is 2.78. The molecule has 3 rings (SSSR count). The van der Waals surface area contributed by atoms with Gasteiger partial charge in [-0.25, -0.2) is 5.43 Å². The molecule has 0 aliphatic carbocycles. The zero-order chi connectivity index (χ0) is 22.2. The maximum Gasteiger partial charge on any atom is 0.329 e. The molecule has 0 heterocycles. The molecular weight excluding hydrogens is 414 g/mol. The molecule has 0 fully saturated rings. The summed E-state index contributed by atoms with van der Waals surface area (Å²) in [5.41, 5.74) is 6.39. The van der Waals surface area contributed by atoms with Crippen molar-refractivity contribution in [2.24, 2.45) is 5.10 Å². The lowest BCUT2D eigenvalue weighted by molar-refractivity contribution is -0.136. The Kier molecular flexibility index (Phi) is 7.40. The molecule has 0 spiro atoms. The first-order valence-electron chi connectivity index (χ1n) is 9.60. The highest BCUT2D eigenvalue weighted by atomic mass is 35.5. The lowest BCUT2D eigenvalue weighted by atomic mass is 10.1. The summed E-state index contributed by atoms with van der Waals surface area (Å²) in [6, 6.07) is 20.2. The van der Waals surface area contributed by atoms with Crippen LogP contribution in [0.15, 0.2) is 71.8 Å². The van der Waals surface area contributed by atoms with Crippen LogP contribution in [-0.4, -0.2) is 18.0 Å². The van der Waals surface area contributed by atoms with Crippen molar-refractivity contribution in [1.82, 2.24) is 5.43 Å². The van der Waals surface area contributed by atoms with Crippen molar-refractivity contribution in [3.05, 3.63) is 94.0 Å². The molecule has 0 saturated heterocycles. The monoisotopic (exact) mass is 435 g/mol. The quantitative estimate of drug-likeness (QED) is 0.336. The number of ether oxygens (including phenoxy) is 1. The third-order valence-electron chi connectivity index (χ3n) is 4.45. The van der Waals surface area contributed by atoms with Crippen LogP contribution in [0.2, 0.25) is 5.02 Å². The van der Waals surface area contributed by atoms with Crippen molar-refractivity contribution in [2.45, 2.75) is 20.5 Å². The fourth-order valence-corrected chi connectivity index (χ4v) is 2.97. The second-order valence-corrected chi connectivity index (χ2v) is 7.33. The van der Waals surface area contributed by atoms with E-state index < -0.39 is 11.8 Å². The summed E-state index contributed by atoms with van der Waals surface area (Å²) in [6.07, 6.45) is 1.44. The molecule has 31 heavy (non-hydrogen) atoms. The number of carbonyl (C=O) groups excluding carboxylic acids is 2. The van der Waals surface area contributed by atoms with Crippen molar-refractivity contribution in [3.63, 3.8) is 0 Å². The minimum Gasteiger partial charge on any atom is -0.489 e. The van der Waals surface area contributed by atoms with Crippen LogP contribution >= 0.6 is 11.6 Å². The maximum absolute atomic E-state index is 12.0. The van der Waals surface area contributed by atoms with E-state index in [1.165, 1.54) is 6.21 Å². The van der Waals surface area contributed by atoms with Gasteiger partial charge in [-0.05, 0) is 61.4 Å². The zero-order valence-corrected chi connectivity index (χ0v) is 17.9. The number of benzene rings is 3.